The summed E-state index contributed by atoms with van der Waals surface area (Å²) >= 11 is 0. The first-order valence-corrected chi connectivity index (χ1v) is 9.50. The van der Waals surface area contributed by atoms with Gasteiger partial charge in [0.2, 0.25) is 0 Å². The molecule has 1 aliphatic carbocycles. The lowest BCUT2D eigenvalue weighted by Crippen LogP contribution is -2.28. The Bertz CT molecular complexity index is 971. The van der Waals surface area contributed by atoms with E-state index < -0.39 is 0 Å². The second kappa shape index (κ2) is 7.03. The predicted molar refractivity (Wildman–Crippen MR) is 107 cm³/mol. The van der Waals surface area contributed by atoms with Gasteiger partial charge in [0.25, 0.3) is 5.91 Å². The van der Waals surface area contributed by atoms with Crippen LogP contribution < -0.4 is 0 Å². The molecule has 0 unspecified atom stereocenters. The molecule has 3 aromatic rings. The van der Waals surface area contributed by atoms with E-state index in [0.29, 0.717) is 18.2 Å². The second-order valence-electron chi connectivity index (χ2n) is 7.57. The van der Waals surface area contributed by atoms with Gasteiger partial charge in [-0.3, -0.25) is 4.79 Å². The summed E-state index contributed by atoms with van der Waals surface area (Å²) in [5, 5.41) is 4.75. The number of rotatable bonds is 5. The van der Waals surface area contributed by atoms with Crippen molar-refractivity contribution in [1.29, 1.82) is 0 Å². The Morgan fingerprint density at radius 2 is 1.85 bits per heavy atom. The third-order valence-corrected chi connectivity index (χ3v) is 5.20. The van der Waals surface area contributed by atoms with Crippen LogP contribution in [0.3, 0.4) is 0 Å². The lowest BCUT2D eigenvalue weighted by atomic mass is 10.1. The smallest absolute Gasteiger partial charge is 0.272 e. The van der Waals surface area contributed by atoms with Gasteiger partial charge in [-0.15, -0.1) is 0 Å². The summed E-state index contributed by atoms with van der Waals surface area (Å²) < 4.78 is 1.80. The number of carbonyl (C=O) groups is 1. The van der Waals surface area contributed by atoms with Crippen molar-refractivity contribution in [3.05, 3.63) is 82.7 Å². The van der Waals surface area contributed by atoms with Crippen LogP contribution in [-0.2, 0) is 6.54 Å². The highest BCUT2D eigenvalue weighted by Gasteiger charge is 2.29. The zero-order valence-corrected chi connectivity index (χ0v) is 16.1. The average Bonchev–Trinajstić information content (AvgIpc) is 3.42. The molecule has 1 saturated carbocycles. The summed E-state index contributed by atoms with van der Waals surface area (Å²) in [7, 11) is 1.86. The topological polar surface area (TPSA) is 38.1 Å². The lowest BCUT2D eigenvalue weighted by Gasteiger charge is -2.19. The molecular weight excluding hydrogens is 334 g/mol. The molecule has 2 aromatic carbocycles. The molecule has 4 nitrogen and oxygen atoms in total. The lowest BCUT2D eigenvalue weighted by molar-refractivity contribution is 0.0776. The maximum Gasteiger partial charge on any atom is 0.272 e. The SMILES string of the molecule is Cc1ccc(CN(C)C(=O)c2cc(C3CC3)nn2-c2ccccc2)c(C)c1. The molecule has 0 N–H and O–H groups in total. The van der Waals surface area contributed by atoms with Gasteiger partial charge in [-0.05, 0) is 56.0 Å². The van der Waals surface area contributed by atoms with Crippen LogP contribution in [0.4, 0.5) is 0 Å². The standard InChI is InChI=1S/C23H25N3O/c1-16-9-10-19(17(2)13-16)15-25(3)23(27)22-14-21(18-11-12-18)24-26(22)20-7-5-4-6-8-20/h4-10,13-14,18H,11-12,15H2,1-3H3. The average molecular weight is 359 g/mol. The summed E-state index contributed by atoms with van der Waals surface area (Å²) in [6.07, 6.45) is 2.33. The van der Waals surface area contributed by atoms with Crippen molar-refractivity contribution in [3.63, 3.8) is 0 Å². The van der Waals surface area contributed by atoms with Gasteiger partial charge in [-0.1, -0.05) is 42.0 Å². The summed E-state index contributed by atoms with van der Waals surface area (Å²) in [4.78, 5) is 15.0. The van der Waals surface area contributed by atoms with Gasteiger partial charge < -0.3 is 4.90 Å². The van der Waals surface area contributed by atoms with E-state index in [4.69, 9.17) is 5.10 Å². The highest BCUT2D eigenvalue weighted by molar-refractivity contribution is 5.93. The molecule has 0 radical (unpaired) electrons. The first-order valence-electron chi connectivity index (χ1n) is 9.50. The van der Waals surface area contributed by atoms with Gasteiger partial charge in [0.05, 0.1) is 11.4 Å². The summed E-state index contributed by atoms with van der Waals surface area (Å²) in [6, 6.07) is 18.2. The molecule has 1 heterocycles. The number of benzene rings is 2. The van der Waals surface area contributed by atoms with Gasteiger partial charge in [-0.25, -0.2) is 4.68 Å². The van der Waals surface area contributed by atoms with E-state index in [-0.39, 0.29) is 5.91 Å². The number of nitrogens with zero attached hydrogens (tertiary/aromatic N) is 3. The highest BCUT2D eigenvalue weighted by atomic mass is 16.2. The molecule has 138 valence electrons. The number of hydrogen-bond donors (Lipinski definition) is 0. The zero-order valence-electron chi connectivity index (χ0n) is 16.1. The molecule has 1 fully saturated rings. The van der Waals surface area contributed by atoms with E-state index in [1.165, 1.54) is 16.7 Å². The van der Waals surface area contributed by atoms with Crippen LogP contribution in [0, 0.1) is 13.8 Å². The molecule has 0 aliphatic heterocycles. The number of carbonyl (C=O) groups excluding carboxylic acids is 1. The number of hydrogen-bond acceptors (Lipinski definition) is 2. The van der Waals surface area contributed by atoms with Gasteiger partial charge in [0.1, 0.15) is 5.69 Å². The van der Waals surface area contributed by atoms with Crippen molar-refractivity contribution in [3.8, 4) is 5.69 Å². The van der Waals surface area contributed by atoms with Gasteiger partial charge in [0.15, 0.2) is 0 Å². The Balaban J connectivity index is 1.64. The molecule has 4 rings (SSSR count). The molecule has 1 amide bonds. The van der Waals surface area contributed by atoms with E-state index in [1.54, 1.807) is 9.58 Å². The van der Waals surface area contributed by atoms with E-state index >= 15 is 0 Å². The largest absolute Gasteiger partial charge is 0.336 e. The Labute approximate surface area is 160 Å². The molecular formula is C23H25N3O. The molecule has 1 aliphatic rings. The van der Waals surface area contributed by atoms with Crippen LogP contribution in [0.1, 0.15) is 51.6 Å². The zero-order chi connectivity index (χ0) is 19.0. The number of para-hydroxylation sites is 1. The van der Waals surface area contributed by atoms with Crippen LogP contribution in [0.25, 0.3) is 5.69 Å². The molecule has 0 bridgehead atoms. The van der Waals surface area contributed by atoms with E-state index in [1.807, 2.05) is 43.4 Å². The number of aryl methyl sites for hydroxylation is 2. The minimum atomic E-state index is -0.00164. The second-order valence-corrected chi connectivity index (χ2v) is 7.57. The quantitative estimate of drug-likeness (QED) is 0.666. The van der Waals surface area contributed by atoms with Crippen LogP contribution in [0.5, 0.6) is 0 Å². The maximum absolute atomic E-state index is 13.2. The minimum absolute atomic E-state index is 0.00164. The van der Waals surface area contributed by atoms with Crippen LogP contribution in [0.15, 0.2) is 54.6 Å². The van der Waals surface area contributed by atoms with Crippen molar-refractivity contribution >= 4 is 5.91 Å². The Hall–Kier alpha value is -2.88. The molecule has 1 aromatic heterocycles. The molecule has 0 saturated heterocycles. The highest BCUT2D eigenvalue weighted by Crippen LogP contribution is 2.39. The fraction of sp³-hybridized carbons (Fsp3) is 0.304. The third kappa shape index (κ3) is 3.65. The normalized spacial score (nSPS) is 13.6. The van der Waals surface area contributed by atoms with E-state index in [0.717, 1.165) is 24.2 Å². The minimum Gasteiger partial charge on any atom is -0.336 e. The number of aromatic nitrogens is 2. The first-order chi connectivity index (χ1) is 13.0. The Kier molecular flexibility index (Phi) is 4.56. The van der Waals surface area contributed by atoms with Gasteiger partial charge in [-0.2, -0.15) is 5.10 Å². The fourth-order valence-corrected chi connectivity index (χ4v) is 3.44. The predicted octanol–water partition coefficient (Wildman–Crippen LogP) is 4.64. The Morgan fingerprint density at radius 3 is 2.52 bits per heavy atom. The maximum atomic E-state index is 13.2. The molecule has 4 heteroatoms. The molecule has 0 atom stereocenters. The van der Waals surface area contributed by atoms with Crippen molar-refractivity contribution in [2.75, 3.05) is 7.05 Å². The van der Waals surface area contributed by atoms with Crippen molar-refractivity contribution < 1.29 is 4.79 Å². The van der Waals surface area contributed by atoms with Crippen molar-refractivity contribution in [2.24, 2.45) is 0 Å². The van der Waals surface area contributed by atoms with E-state index in [2.05, 4.69) is 32.0 Å². The van der Waals surface area contributed by atoms with Gasteiger partial charge in [0, 0.05) is 19.5 Å². The van der Waals surface area contributed by atoms with Crippen molar-refractivity contribution in [2.45, 2.75) is 39.2 Å². The summed E-state index contributed by atoms with van der Waals surface area (Å²) in [6.45, 7) is 4.77. The monoisotopic (exact) mass is 359 g/mol. The van der Waals surface area contributed by atoms with Gasteiger partial charge >= 0.3 is 0 Å². The molecule has 0 spiro atoms. The third-order valence-electron chi connectivity index (χ3n) is 5.20. The fourth-order valence-electron chi connectivity index (χ4n) is 3.44. The Morgan fingerprint density at radius 1 is 1.11 bits per heavy atom. The van der Waals surface area contributed by atoms with E-state index in [9.17, 15) is 4.79 Å². The van der Waals surface area contributed by atoms with Crippen LogP contribution >= 0.6 is 0 Å². The molecule has 27 heavy (non-hydrogen) atoms. The number of amides is 1. The first kappa shape index (κ1) is 17.5. The summed E-state index contributed by atoms with van der Waals surface area (Å²) in [5.41, 5.74) is 6.21. The van der Waals surface area contributed by atoms with Crippen LogP contribution in [-0.4, -0.2) is 27.6 Å². The van der Waals surface area contributed by atoms with Crippen molar-refractivity contribution in [1.82, 2.24) is 14.7 Å². The summed E-state index contributed by atoms with van der Waals surface area (Å²) in [5.74, 6) is 0.504. The van der Waals surface area contributed by atoms with Crippen LogP contribution in [0.2, 0.25) is 0 Å².